The lowest BCUT2D eigenvalue weighted by molar-refractivity contribution is 0.172. The van der Waals surface area contributed by atoms with E-state index in [-0.39, 0.29) is 36.6 Å². The van der Waals surface area contributed by atoms with Gasteiger partial charge in [0.2, 0.25) is 6.79 Å². The van der Waals surface area contributed by atoms with E-state index in [9.17, 15) is 4.39 Å². The third-order valence-corrected chi connectivity index (χ3v) is 5.54. The van der Waals surface area contributed by atoms with Crippen LogP contribution in [-0.4, -0.2) is 13.4 Å². The van der Waals surface area contributed by atoms with Crippen LogP contribution in [0.5, 0.6) is 17.2 Å². The highest BCUT2D eigenvalue weighted by Gasteiger charge is 2.25. The van der Waals surface area contributed by atoms with Gasteiger partial charge in [-0.05, 0) is 60.9 Å². The Morgan fingerprint density at radius 2 is 1.63 bits per heavy atom. The van der Waals surface area contributed by atoms with Crippen LogP contribution in [0.15, 0.2) is 42.5 Å². The molecule has 1 heterocycles. The molecule has 0 aromatic heterocycles. The molecular formula is C22H26FIO3. The first-order chi connectivity index (χ1) is 12.8. The van der Waals surface area contributed by atoms with Gasteiger partial charge in [0, 0.05) is 6.07 Å². The molecule has 1 fully saturated rings. The summed E-state index contributed by atoms with van der Waals surface area (Å²) < 4.78 is 30.1. The SMILES string of the molecule is Fc1ccc(C[C@@H]2CCCCC[C@H]2COc2ccc3c(c2)OCO3)cc1.I. The molecule has 1 aliphatic carbocycles. The molecule has 0 spiro atoms. The molecule has 2 aromatic rings. The second-order valence-corrected chi connectivity index (χ2v) is 7.31. The lowest BCUT2D eigenvalue weighted by atomic mass is 9.83. The van der Waals surface area contributed by atoms with Crippen molar-refractivity contribution in [3.05, 3.63) is 53.8 Å². The Kier molecular flexibility index (Phi) is 7.21. The summed E-state index contributed by atoms with van der Waals surface area (Å²) in [6.45, 7) is 0.993. The molecular weight excluding hydrogens is 458 g/mol. The monoisotopic (exact) mass is 484 g/mol. The Bertz CT molecular complexity index is 735. The van der Waals surface area contributed by atoms with E-state index in [0.29, 0.717) is 18.4 Å². The van der Waals surface area contributed by atoms with Gasteiger partial charge in [-0.25, -0.2) is 4.39 Å². The smallest absolute Gasteiger partial charge is 0.231 e. The average molecular weight is 484 g/mol. The number of hydrogen-bond donors (Lipinski definition) is 0. The van der Waals surface area contributed by atoms with Gasteiger partial charge in [-0.15, -0.1) is 24.0 Å². The van der Waals surface area contributed by atoms with Gasteiger partial charge in [-0.3, -0.25) is 0 Å². The second kappa shape index (κ2) is 9.62. The van der Waals surface area contributed by atoms with Gasteiger partial charge in [0.25, 0.3) is 0 Å². The van der Waals surface area contributed by atoms with Gasteiger partial charge >= 0.3 is 0 Å². The van der Waals surface area contributed by atoms with Crippen LogP contribution in [0.4, 0.5) is 4.39 Å². The summed E-state index contributed by atoms with van der Waals surface area (Å²) in [6.07, 6.45) is 7.22. The van der Waals surface area contributed by atoms with Crippen LogP contribution in [0.1, 0.15) is 37.7 Å². The van der Waals surface area contributed by atoms with Gasteiger partial charge < -0.3 is 14.2 Å². The van der Waals surface area contributed by atoms with E-state index in [1.165, 1.54) is 37.7 Å². The Morgan fingerprint density at radius 3 is 2.44 bits per heavy atom. The van der Waals surface area contributed by atoms with E-state index < -0.39 is 0 Å². The number of fused-ring (bicyclic) bond motifs is 1. The summed E-state index contributed by atoms with van der Waals surface area (Å²) in [6, 6.07) is 12.7. The summed E-state index contributed by atoms with van der Waals surface area (Å²) in [7, 11) is 0. The topological polar surface area (TPSA) is 27.7 Å². The molecule has 0 saturated heterocycles. The van der Waals surface area contributed by atoms with Crippen LogP contribution in [-0.2, 0) is 6.42 Å². The number of rotatable bonds is 5. The lowest BCUT2D eigenvalue weighted by Crippen LogP contribution is -2.22. The van der Waals surface area contributed by atoms with Crippen LogP contribution >= 0.6 is 24.0 Å². The van der Waals surface area contributed by atoms with E-state index in [0.717, 1.165) is 23.7 Å². The number of ether oxygens (including phenoxy) is 3. The number of benzene rings is 2. The second-order valence-electron chi connectivity index (χ2n) is 7.31. The normalized spacial score (nSPS) is 21.2. The molecule has 2 aliphatic rings. The Balaban J connectivity index is 0.00000210. The van der Waals surface area contributed by atoms with Gasteiger partial charge in [0.15, 0.2) is 11.5 Å². The summed E-state index contributed by atoms with van der Waals surface area (Å²) in [5.41, 5.74) is 1.21. The molecule has 0 N–H and O–H groups in total. The van der Waals surface area contributed by atoms with E-state index in [4.69, 9.17) is 14.2 Å². The Morgan fingerprint density at radius 1 is 0.889 bits per heavy atom. The quantitative estimate of drug-likeness (QED) is 0.386. The van der Waals surface area contributed by atoms with Gasteiger partial charge in [-0.2, -0.15) is 0 Å². The van der Waals surface area contributed by atoms with Crippen molar-refractivity contribution in [1.82, 2.24) is 0 Å². The minimum atomic E-state index is -0.169. The molecule has 4 rings (SSSR count). The lowest BCUT2D eigenvalue weighted by Gasteiger charge is -2.25. The summed E-state index contributed by atoms with van der Waals surface area (Å²) in [4.78, 5) is 0. The molecule has 0 radical (unpaired) electrons. The van der Waals surface area contributed by atoms with Crippen LogP contribution < -0.4 is 14.2 Å². The molecule has 0 bridgehead atoms. The van der Waals surface area contributed by atoms with Crippen LogP contribution in [0.2, 0.25) is 0 Å². The van der Waals surface area contributed by atoms with E-state index >= 15 is 0 Å². The average Bonchev–Trinajstić information content (AvgIpc) is 3.01. The predicted octanol–water partition coefficient (Wildman–Crippen LogP) is 5.99. The van der Waals surface area contributed by atoms with Crippen molar-refractivity contribution in [1.29, 1.82) is 0 Å². The molecule has 27 heavy (non-hydrogen) atoms. The van der Waals surface area contributed by atoms with Crippen molar-refractivity contribution in [3.8, 4) is 17.2 Å². The third-order valence-electron chi connectivity index (χ3n) is 5.54. The molecule has 146 valence electrons. The fraction of sp³-hybridized carbons (Fsp3) is 0.455. The van der Waals surface area contributed by atoms with Gasteiger partial charge in [0.1, 0.15) is 11.6 Å². The van der Waals surface area contributed by atoms with Crippen LogP contribution in [0, 0.1) is 17.7 Å². The highest BCUT2D eigenvalue weighted by Crippen LogP contribution is 2.36. The predicted molar refractivity (Wildman–Crippen MR) is 114 cm³/mol. The molecule has 1 aliphatic heterocycles. The van der Waals surface area contributed by atoms with E-state index in [1.807, 2.05) is 30.3 Å². The zero-order valence-corrected chi connectivity index (χ0v) is 17.7. The maximum Gasteiger partial charge on any atom is 0.231 e. The van der Waals surface area contributed by atoms with Crippen molar-refractivity contribution in [3.63, 3.8) is 0 Å². The van der Waals surface area contributed by atoms with Crippen molar-refractivity contribution < 1.29 is 18.6 Å². The Hall–Kier alpha value is -1.50. The molecule has 2 atom stereocenters. The van der Waals surface area contributed by atoms with Gasteiger partial charge in [0.05, 0.1) is 6.61 Å². The molecule has 0 amide bonds. The maximum atomic E-state index is 13.2. The fourth-order valence-electron chi connectivity index (χ4n) is 4.04. The van der Waals surface area contributed by atoms with Crippen molar-refractivity contribution in [2.24, 2.45) is 11.8 Å². The van der Waals surface area contributed by atoms with Crippen molar-refractivity contribution >= 4 is 24.0 Å². The zero-order chi connectivity index (χ0) is 17.8. The van der Waals surface area contributed by atoms with Crippen molar-refractivity contribution in [2.75, 3.05) is 13.4 Å². The highest BCUT2D eigenvalue weighted by atomic mass is 127. The molecule has 1 saturated carbocycles. The molecule has 0 unspecified atom stereocenters. The van der Waals surface area contributed by atoms with Gasteiger partial charge in [-0.1, -0.05) is 31.4 Å². The zero-order valence-electron chi connectivity index (χ0n) is 15.4. The standard InChI is InChI=1S/C22H25FO3.HI/c23-19-8-6-16(7-9-19)12-17-4-2-1-3-5-18(17)14-24-20-10-11-21-22(13-20)26-15-25-21;/h6-11,13,17-18H,1-5,12,14-15H2;1H/t17-,18-;/m0./s1. The first-order valence-corrected chi connectivity index (χ1v) is 9.55. The maximum absolute atomic E-state index is 13.2. The Labute approximate surface area is 177 Å². The fourth-order valence-corrected chi connectivity index (χ4v) is 4.04. The first kappa shape index (κ1) is 20.2. The first-order valence-electron chi connectivity index (χ1n) is 9.55. The third kappa shape index (κ3) is 5.27. The molecule has 3 nitrogen and oxygen atoms in total. The minimum Gasteiger partial charge on any atom is -0.493 e. The number of halogens is 2. The molecule has 5 heteroatoms. The van der Waals surface area contributed by atoms with Crippen LogP contribution in [0.3, 0.4) is 0 Å². The summed E-state index contributed by atoms with van der Waals surface area (Å²) in [5, 5.41) is 0. The largest absolute Gasteiger partial charge is 0.493 e. The van der Waals surface area contributed by atoms with E-state index in [2.05, 4.69) is 0 Å². The van der Waals surface area contributed by atoms with E-state index in [1.54, 1.807) is 12.1 Å². The van der Waals surface area contributed by atoms with Crippen LogP contribution in [0.25, 0.3) is 0 Å². The summed E-state index contributed by atoms with van der Waals surface area (Å²) >= 11 is 0. The summed E-state index contributed by atoms with van der Waals surface area (Å²) in [5.74, 6) is 3.30. The minimum absolute atomic E-state index is 0. The number of hydrogen-bond acceptors (Lipinski definition) is 3. The van der Waals surface area contributed by atoms with Crippen molar-refractivity contribution in [2.45, 2.75) is 38.5 Å². The highest BCUT2D eigenvalue weighted by molar-refractivity contribution is 14.0. The molecule has 2 aromatic carbocycles.